The average Bonchev–Trinajstić information content (AvgIpc) is 2.77. The highest BCUT2D eigenvalue weighted by Gasteiger charge is 2.22. The van der Waals surface area contributed by atoms with Gasteiger partial charge in [-0.15, -0.1) is 0 Å². The Morgan fingerprint density at radius 1 is 1.17 bits per heavy atom. The van der Waals surface area contributed by atoms with Gasteiger partial charge >= 0.3 is 0 Å². The number of nitrogen functional groups attached to an aromatic ring is 1. The Morgan fingerprint density at radius 3 is 2.78 bits per heavy atom. The molecule has 0 bridgehead atoms. The Labute approximate surface area is 112 Å². The third-order valence-corrected chi connectivity index (χ3v) is 3.78. The first-order valence-electron chi connectivity index (χ1n) is 6.02. The molecule has 0 atom stereocenters. The second kappa shape index (κ2) is 4.21. The molecule has 0 saturated carbocycles. The van der Waals surface area contributed by atoms with Crippen LogP contribution in [0.4, 0.5) is 11.4 Å². The zero-order valence-electron chi connectivity index (χ0n) is 10.3. The molecule has 0 spiro atoms. The van der Waals surface area contributed by atoms with Crippen molar-refractivity contribution in [2.24, 2.45) is 0 Å². The number of aryl methyl sites for hydroxylation is 1. The van der Waals surface area contributed by atoms with Gasteiger partial charge in [-0.1, -0.05) is 29.8 Å². The van der Waals surface area contributed by atoms with Crippen molar-refractivity contribution in [1.29, 1.82) is 0 Å². The summed E-state index contributed by atoms with van der Waals surface area (Å²) in [5.74, 6) is 0. The van der Waals surface area contributed by atoms with Gasteiger partial charge in [0.25, 0.3) is 0 Å². The molecule has 2 aromatic rings. The molecular weight excluding hydrogens is 244 g/mol. The minimum absolute atomic E-state index is 0.798. The summed E-state index contributed by atoms with van der Waals surface area (Å²) >= 11 is 6.29. The van der Waals surface area contributed by atoms with Crippen molar-refractivity contribution < 1.29 is 0 Å². The molecule has 2 nitrogen and oxygen atoms in total. The van der Waals surface area contributed by atoms with Gasteiger partial charge in [0.2, 0.25) is 0 Å². The van der Waals surface area contributed by atoms with Gasteiger partial charge in [-0.05, 0) is 41.8 Å². The van der Waals surface area contributed by atoms with Gasteiger partial charge < -0.3 is 10.6 Å². The molecular formula is C15H15ClN2. The van der Waals surface area contributed by atoms with Gasteiger partial charge in [0.15, 0.2) is 0 Å². The quantitative estimate of drug-likeness (QED) is 0.790. The fourth-order valence-electron chi connectivity index (χ4n) is 2.48. The normalized spacial score (nSPS) is 13.8. The number of rotatable bonds is 1. The molecule has 1 heterocycles. The Morgan fingerprint density at radius 2 is 2.00 bits per heavy atom. The molecule has 2 aromatic carbocycles. The van der Waals surface area contributed by atoms with Crippen LogP contribution in [-0.4, -0.2) is 0 Å². The van der Waals surface area contributed by atoms with Crippen molar-refractivity contribution in [2.45, 2.75) is 20.0 Å². The van der Waals surface area contributed by atoms with Gasteiger partial charge in [0.1, 0.15) is 0 Å². The van der Waals surface area contributed by atoms with Crippen LogP contribution in [0.15, 0.2) is 36.4 Å². The average molecular weight is 259 g/mol. The Bertz CT molecular complexity index is 607. The van der Waals surface area contributed by atoms with Gasteiger partial charge in [0.05, 0.1) is 10.7 Å². The predicted octanol–water partition coefficient (Wildman–Crippen LogP) is 3.75. The Kier molecular flexibility index (Phi) is 2.67. The van der Waals surface area contributed by atoms with E-state index in [1.165, 1.54) is 16.7 Å². The molecule has 3 rings (SSSR count). The largest absolute Gasteiger partial charge is 0.398 e. The van der Waals surface area contributed by atoms with Gasteiger partial charge in [-0.3, -0.25) is 0 Å². The zero-order chi connectivity index (χ0) is 12.7. The van der Waals surface area contributed by atoms with Crippen LogP contribution >= 0.6 is 11.6 Å². The van der Waals surface area contributed by atoms with Crippen LogP contribution in [0.25, 0.3) is 0 Å². The number of hydrogen-bond acceptors (Lipinski definition) is 2. The van der Waals surface area contributed by atoms with E-state index in [0.717, 1.165) is 29.5 Å². The lowest BCUT2D eigenvalue weighted by atomic mass is 10.1. The molecule has 92 valence electrons. The SMILES string of the molecule is Cc1ccc(Cl)c(N2Cc3cccc(N)c3C2)c1. The topological polar surface area (TPSA) is 29.3 Å². The maximum absolute atomic E-state index is 6.29. The van der Waals surface area contributed by atoms with Crippen LogP contribution in [0.3, 0.4) is 0 Å². The predicted molar refractivity (Wildman–Crippen MR) is 76.9 cm³/mol. The summed E-state index contributed by atoms with van der Waals surface area (Å²) in [4.78, 5) is 2.27. The summed E-state index contributed by atoms with van der Waals surface area (Å²) in [7, 11) is 0. The van der Waals surface area contributed by atoms with E-state index < -0.39 is 0 Å². The Balaban J connectivity index is 1.99. The molecule has 0 amide bonds. The van der Waals surface area contributed by atoms with E-state index in [0.29, 0.717) is 0 Å². The van der Waals surface area contributed by atoms with Crippen molar-refractivity contribution >= 4 is 23.0 Å². The third-order valence-electron chi connectivity index (χ3n) is 3.46. The van der Waals surface area contributed by atoms with E-state index in [-0.39, 0.29) is 0 Å². The third kappa shape index (κ3) is 1.83. The molecule has 0 aliphatic carbocycles. The summed E-state index contributed by atoms with van der Waals surface area (Å²) in [6.07, 6.45) is 0. The molecule has 0 unspecified atom stereocenters. The lowest BCUT2D eigenvalue weighted by molar-refractivity contribution is 0.880. The monoisotopic (exact) mass is 258 g/mol. The number of halogens is 1. The van der Waals surface area contributed by atoms with Crippen molar-refractivity contribution in [3.8, 4) is 0 Å². The van der Waals surface area contributed by atoms with Crippen LogP contribution in [0.5, 0.6) is 0 Å². The maximum Gasteiger partial charge on any atom is 0.0639 e. The van der Waals surface area contributed by atoms with E-state index >= 15 is 0 Å². The molecule has 0 radical (unpaired) electrons. The highest BCUT2D eigenvalue weighted by Crippen LogP contribution is 2.35. The summed E-state index contributed by atoms with van der Waals surface area (Å²) in [6.45, 7) is 3.80. The van der Waals surface area contributed by atoms with Crippen LogP contribution in [0.1, 0.15) is 16.7 Å². The van der Waals surface area contributed by atoms with Gasteiger partial charge in [-0.25, -0.2) is 0 Å². The number of nitrogens with zero attached hydrogens (tertiary/aromatic N) is 1. The van der Waals surface area contributed by atoms with Crippen LogP contribution in [0.2, 0.25) is 5.02 Å². The lowest BCUT2D eigenvalue weighted by Crippen LogP contribution is -2.15. The number of anilines is 2. The lowest BCUT2D eigenvalue weighted by Gasteiger charge is -2.19. The number of nitrogens with two attached hydrogens (primary N) is 1. The van der Waals surface area contributed by atoms with Crippen molar-refractivity contribution in [2.75, 3.05) is 10.6 Å². The number of benzene rings is 2. The first-order chi connectivity index (χ1) is 8.65. The van der Waals surface area contributed by atoms with Crippen molar-refractivity contribution in [3.63, 3.8) is 0 Å². The number of hydrogen-bond donors (Lipinski definition) is 1. The summed E-state index contributed by atoms with van der Waals surface area (Å²) in [5.41, 5.74) is 11.7. The van der Waals surface area contributed by atoms with Crippen molar-refractivity contribution in [3.05, 3.63) is 58.1 Å². The molecule has 1 aliphatic rings. The fourth-order valence-corrected chi connectivity index (χ4v) is 2.72. The highest BCUT2D eigenvalue weighted by molar-refractivity contribution is 6.33. The molecule has 3 heteroatoms. The molecule has 0 fully saturated rings. The first-order valence-corrected chi connectivity index (χ1v) is 6.40. The molecule has 1 aliphatic heterocycles. The zero-order valence-corrected chi connectivity index (χ0v) is 11.0. The maximum atomic E-state index is 6.29. The molecule has 0 saturated heterocycles. The minimum atomic E-state index is 0.798. The second-order valence-electron chi connectivity index (χ2n) is 4.80. The fraction of sp³-hybridized carbons (Fsp3) is 0.200. The summed E-state index contributed by atoms with van der Waals surface area (Å²) in [6, 6.07) is 12.2. The smallest absolute Gasteiger partial charge is 0.0639 e. The van der Waals surface area contributed by atoms with Crippen molar-refractivity contribution in [1.82, 2.24) is 0 Å². The summed E-state index contributed by atoms with van der Waals surface area (Å²) < 4.78 is 0. The molecule has 18 heavy (non-hydrogen) atoms. The Hall–Kier alpha value is -1.67. The summed E-state index contributed by atoms with van der Waals surface area (Å²) in [5, 5.41) is 0.798. The molecule has 2 N–H and O–H groups in total. The van der Waals surface area contributed by atoms with E-state index in [2.05, 4.69) is 24.0 Å². The van der Waals surface area contributed by atoms with E-state index in [9.17, 15) is 0 Å². The van der Waals surface area contributed by atoms with E-state index in [4.69, 9.17) is 17.3 Å². The van der Waals surface area contributed by atoms with Gasteiger partial charge in [-0.2, -0.15) is 0 Å². The van der Waals surface area contributed by atoms with Gasteiger partial charge in [0, 0.05) is 18.8 Å². The first kappa shape index (κ1) is 11.4. The van der Waals surface area contributed by atoms with E-state index in [1.807, 2.05) is 24.3 Å². The van der Waals surface area contributed by atoms with Crippen LogP contribution < -0.4 is 10.6 Å². The highest BCUT2D eigenvalue weighted by atomic mass is 35.5. The minimum Gasteiger partial charge on any atom is -0.398 e. The van der Waals surface area contributed by atoms with E-state index in [1.54, 1.807) is 0 Å². The molecule has 0 aromatic heterocycles. The number of fused-ring (bicyclic) bond motifs is 1. The standard InChI is InChI=1S/C15H15ClN2/c1-10-5-6-13(16)15(7-10)18-8-11-3-2-4-14(17)12(11)9-18/h2-7H,8-9,17H2,1H3. The van der Waals surface area contributed by atoms with Crippen LogP contribution in [-0.2, 0) is 13.1 Å². The second-order valence-corrected chi connectivity index (χ2v) is 5.20. The van der Waals surface area contributed by atoms with Crippen LogP contribution in [0, 0.1) is 6.92 Å².